The van der Waals surface area contributed by atoms with Gasteiger partial charge in [-0.3, -0.25) is 4.79 Å². The van der Waals surface area contributed by atoms with Crippen LogP contribution in [0, 0.1) is 0 Å². The second kappa shape index (κ2) is 8.74. The van der Waals surface area contributed by atoms with Gasteiger partial charge in [0.2, 0.25) is 5.95 Å². The number of hydrogen-bond acceptors (Lipinski definition) is 8. The van der Waals surface area contributed by atoms with Crippen LogP contribution in [0.1, 0.15) is 35.9 Å². The number of ether oxygens (including phenoxy) is 4. The van der Waals surface area contributed by atoms with Gasteiger partial charge in [-0.1, -0.05) is 12.1 Å². The van der Waals surface area contributed by atoms with Crippen LogP contribution in [0.25, 0.3) is 0 Å². The van der Waals surface area contributed by atoms with E-state index in [0.717, 1.165) is 16.8 Å². The molecule has 1 aliphatic carbocycles. The maximum Gasteiger partial charge on any atom is 0.226 e. The van der Waals surface area contributed by atoms with Crippen molar-refractivity contribution in [2.45, 2.75) is 24.8 Å². The third-order valence-electron chi connectivity index (χ3n) is 6.46. The zero-order valence-electron chi connectivity index (χ0n) is 19.5. The van der Waals surface area contributed by atoms with Crippen LogP contribution in [0.2, 0.25) is 0 Å². The van der Waals surface area contributed by atoms with Gasteiger partial charge in [0.15, 0.2) is 28.8 Å². The van der Waals surface area contributed by atoms with Crippen LogP contribution in [0.15, 0.2) is 54.0 Å². The Kier molecular flexibility index (Phi) is 5.61. The monoisotopic (exact) mass is 462 g/mol. The van der Waals surface area contributed by atoms with Crippen molar-refractivity contribution in [1.29, 1.82) is 0 Å². The average Bonchev–Trinajstić information content (AvgIpc) is 3.34. The fourth-order valence-corrected chi connectivity index (χ4v) is 4.83. The van der Waals surface area contributed by atoms with Crippen LogP contribution in [0.3, 0.4) is 0 Å². The predicted molar refractivity (Wildman–Crippen MR) is 125 cm³/mol. The number of aromatic nitrogens is 3. The van der Waals surface area contributed by atoms with E-state index in [1.165, 1.54) is 6.33 Å². The van der Waals surface area contributed by atoms with E-state index in [2.05, 4.69) is 15.4 Å². The highest BCUT2D eigenvalue weighted by Gasteiger charge is 2.39. The number of fused-ring (bicyclic) bond motifs is 1. The Balaban J connectivity index is 1.56. The first-order chi connectivity index (χ1) is 16.6. The van der Waals surface area contributed by atoms with Crippen molar-refractivity contribution < 1.29 is 23.7 Å². The number of carbonyl (C=O) groups excluding carboxylic acids is 1. The van der Waals surface area contributed by atoms with E-state index in [0.29, 0.717) is 47.4 Å². The number of methoxy groups -OCH3 is 4. The topological polar surface area (TPSA) is 96.7 Å². The van der Waals surface area contributed by atoms with Crippen molar-refractivity contribution in [3.05, 3.63) is 65.1 Å². The molecule has 2 heterocycles. The quantitative estimate of drug-likeness (QED) is 0.592. The molecule has 0 unspecified atom stereocenters. The summed E-state index contributed by atoms with van der Waals surface area (Å²) in [6.07, 6.45) is 2.53. The van der Waals surface area contributed by atoms with Crippen LogP contribution in [-0.4, -0.2) is 49.0 Å². The highest BCUT2D eigenvalue weighted by atomic mass is 16.5. The lowest BCUT2D eigenvalue weighted by atomic mass is 9.78. The number of rotatable bonds is 6. The molecule has 176 valence electrons. The number of nitrogens with one attached hydrogen (secondary N) is 1. The Labute approximate surface area is 197 Å². The van der Waals surface area contributed by atoms with E-state index < -0.39 is 6.04 Å². The Hall–Kier alpha value is -4.01. The van der Waals surface area contributed by atoms with Gasteiger partial charge in [-0.25, -0.2) is 4.68 Å². The van der Waals surface area contributed by atoms with Gasteiger partial charge in [0.25, 0.3) is 0 Å². The molecule has 5 rings (SSSR count). The lowest BCUT2D eigenvalue weighted by molar-refractivity contribution is -0.116. The minimum absolute atomic E-state index is 0.000851. The van der Waals surface area contributed by atoms with Gasteiger partial charge in [0.05, 0.1) is 28.4 Å². The summed E-state index contributed by atoms with van der Waals surface area (Å²) in [6, 6.07) is 11.1. The van der Waals surface area contributed by atoms with Crippen LogP contribution >= 0.6 is 0 Å². The molecule has 0 saturated carbocycles. The summed E-state index contributed by atoms with van der Waals surface area (Å²) in [7, 11) is 6.40. The number of carbonyl (C=O) groups is 1. The molecular weight excluding hydrogens is 436 g/mol. The van der Waals surface area contributed by atoms with Crippen molar-refractivity contribution in [1.82, 2.24) is 14.8 Å². The molecule has 0 fully saturated rings. The van der Waals surface area contributed by atoms with E-state index in [1.54, 1.807) is 33.1 Å². The molecule has 0 bridgehead atoms. The fraction of sp³-hybridized carbons (Fsp3) is 0.320. The molecule has 9 nitrogen and oxygen atoms in total. The van der Waals surface area contributed by atoms with Crippen LogP contribution in [0.4, 0.5) is 5.95 Å². The standard InChI is InChI=1S/C25H26N4O5/c1-31-19-7-5-14(11-21(19)33-3)16-9-17-23(18(30)10-16)24(29-25(28-17)26-13-27-29)15-6-8-20(32-2)22(12-15)34-4/h5-8,11-13,16,24H,9-10H2,1-4H3,(H,26,27,28)/t16-,24+/m0/s1. The summed E-state index contributed by atoms with van der Waals surface area (Å²) in [6.45, 7) is 0. The molecule has 2 aliphatic rings. The first-order valence-electron chi connectivity index (χ1n) is 10.9. The molecule has 1 N–H and O–H groups in total. The molecule has 0 amide bonds. The average molecular weight is 463 g/mol. The van der Waals surface area contributed by atoms with Gasteiger partial charge >= 0.3 is 0 Å². The lowest BCUT2D eigenvalue weighted by Crippen LogP contribution is -2.33. The van der Waals surface area contributed by atoms with Crippen molar-refractivity contribution in [2.75, 3.05) is 33.8 Å². The molecule has 1 aromatic heterocycles. The maximum absolute atomic E-state index is 13.6. The highest BCUT2D eigenvalue weighted by Crippen LogP contribution is 2.45. The zero-order chi connectivity index (χ0) is 23.8. The third kappa shape index (κ3) is 3.53. The molecule has 0 spiro atoms. The number of hydrogen-bond donors (Lipinski definition) is 1. The number of Topliss-reactive ketones (excluding diaryl/α,β-unsaturated/α-hetero) is 1. The third-order valence-corrected chi connectivity index (χ3v) is 6.46. The first-order valence-corrected chi connectivity index (χ1v) is 10.9. The number of ketones is 1. The van der Waals surface area contributed by atoms with Gasteiger partial charge in [-0.15, -0.1) is 0 Å². The van der Waals surface area contributed by atoms with Crippen LogP contribution in [-0.2, 0) is 4.79 Å². The minimum atomic E-state index is -0.410. The fourth-order valence-electron chi connectivity index (χ4n) is 4.83. The molecule has 1 aliphatic heterocycles. The number of benzene rings is 2. The summed E-state index contributed by atoms with van der Waals surface area (Å²) in [5, 5.41) is 7.76. The number of allylic oxidation sites excluding steroid dienone is 2. The van der Waals surface area contributed by atoms with E-state index in [1.807, 2.05) is 36.4 Å². The van der Waals surface area contributed by atoms with Crippen molar-refractivity contribution >= 4 is 11.7 Å². The Morgan fingerprint density at radius 2 is 1.47 bits per heavy atom. The van der Waals surface area contributed by atoms with Crippen molar-refractivity contribution in [2.24, 2.45) is 0 Å². The summed E-state index contributed by atoms with van der Waals surface area (Å²) >= 11 is 0. The Morgan fingerprint density at radius 3 is 2.12 bits per heavy atom. The largest absolute Gasteiger partial charge is 0.493 e. The molecule has 3 aromatic rings. The first kappa shape index (κ1) is 21.8. The minimum Gasteiger partial charge on any atom is -0.493 e. The summed E-state index contributed by atoms with van der Waals surface area (Å²) < 4.78 is 23.5. The smallest absolute Gasteiger partial charge is 0.226 e. The van der Waals surface area contributed by atoms with Gasteiger partial charge in [-0.2, -0.15) is 10.1 Å². The van der Waals surface area contributed by atoms with Crippen LogP contribution in [0.5, 0.6) is 23.0 Å². The van der Waals surface area contributed by atoms with E-state index in [9.17, 15) is 4.79 Å². The molecule has 0 saturated heterocycles. The van der Waals surface area contributed by atoms with Crippen LogP contribution < -0.4 is 24.3 Å². The molecule has 0 radical (unpaired) electrons. The number of nitrogens with zero attached hydrogens (tertiary/aromatic N) is 3. The van der Waals surface area contributed by atoms with Gasteiger partial charge in [0.1, 0.15) is 12.4 Å². The van der Waals surface area contributed by atoms with Crippen molar-refractivity contribution in [3.8, 4) is 23.0 Å². The lowest BCUT2D eigenvalue weighted by Gasteiger charge is -2.35. The molecule has 2 aromatic carbocycles. The summed E-state index contributed by atoms with van der Waals surface area (Å²) in [4.78, 5) is 18.0. The normalized spacial score (nSPS) is 19.1. The van der Waals surface area contributed by atoms with E-state index in [4.69, 9.17) is 18.9 Å². The molecular formula is C25H26N4O5. The maximum atomic E-state index is 13.6. The molecule has 9 heteroatoms. The van der Waals surface area contributed by atoms with E-state index in [-0.39, 0.29) is 11.7 Å². The molecule has 2 atom stereocenters. The second-order valence-corrected chi connectivity index (χ2v) is 8.21. The van der Waals surface area contributed by atoms with Gasteiger partial charge in [0, 0.05) is 17.7 Å². The van der Waals surface area contributed by atoms with E-state index >= 15 is 0 Å². The predicted octanol–water partition coefficient (Wildman–Crippen LogP) is 3.73. The Bertz CT molecular complexity index is 1280. The summed E-state index contributed by atoms with van der Waals surface area (Å²) in [5.74, 6) is 3.18. The second-order valence-electron chi connectivity index (χ2n) is 8.21. The zero-order valence-corrected chi connectivity index (χ0v) is 19.5. The van der Waals surface area contributed by atoms with Gasteiger partial charge < -0.3 is 24.3 Å². The van der Waals surface area contributed by atoms with Gasteiger partial charge in [-0.05, 0) is 47.7 Å². The number of anilines is 1. The highest BCUT2D eigenvalue weighted by molar-refractivity contribution is 6.00. The molecule has 34 heavy (non-hydrogen) atoms. The SMILES string of the molecule is COc1ccc([C@@H]2CC(=O)C3=C(C2)Nc2ncnn2[C@@H]3c2ccc(OC)c(OC)c2)cc1OC. The van der Waals surface area contributed by atoms with Crippen molar-refractivity contribution in [3.63, 3.8) is 0 Å². The summed E-state index contributed by atoms with van der Waals surface area (Å²) in [5.41, 5.74) is 3.45. The Morgan fingerprint density at radius 1 is 0.853 bits per heavy atom.